The molecule has 0 aromatic heterocycles. The van der Waals surface area contributed by atoms with Gasteiger partial charge in [-0.1, -0.05) is 19.1 Å². The van der Waals surface area contributed by atoms with Gasteiger partial charge in [0.2, 0.25) is 10.0 Å². The van der Waals surface area contributed by atoms with Gasteiger partial charge < -0.3 is 15.7 Å². The van der Waals surface area contributed by atoms with E-state index in [1.807, 2.05) is 13.8 Å². The SMILES string of the molecule is CCCS(=O)(=O)N1CCC(NC(=NCC(O)c2ccc(F)cc2)NCC)CC1. The minimum atomic E-state index is -3.15. The predicted octanol–water partition coefficient (Wildman–Crippen LogP) is 1.62. The third-order valence-corrected chi connectivity index (χ3v) is 6.75. The van der Waals surface area contributed by atoms with E-state index >= 15 is 0 Å². The van der Waals surface area contributed by atoms with Crippen molar-refractivity contribution in [1.29, 1.82) is 0 Å². The average molecular weight is 415 g/mol. The number of aliphatic hydroxyl groups excluding tert-OH is 1. The van der Waals surface area contributed by atoms with Crippen molar-refractivity contribution in [2.45, 2.75) is 45.3 Å². The van der Waals surface area contributed by atoms with Crippen LogP contribution in [-0.2, 0) is 10.0 Å². The maximum Gasteiger partial charge on any atom is 0.214 e. The molecular formula is C19H31FN4O3S. The highest BCUT2D eigenvalue weighted by Crippen LogP contribution is 2.16. The average Bonchev–Trinajstić information content (AvgIpc) is 2.67. The summed E-state index contributed by atoms with van der Waals surface area (Å²) in [6.07, 6.45) is 1.20. The van der Waals surface area contributed by atoms with Crippen molar-refractivity contribution >= 4 is 16.0 Å². The molecule has 28 heavy (non-hydrogen) atoms. The molecule has 1 aromatic carbocycles. The Hall–Kier alpha value is -1.71. The molecule has 1 saturated heterocycles. The van der Waals surface area contributed by atoms with E-state index in [-0.39, 0.29) is 24.2 Å². The van der Waals surface area contributed by atoms with E-state index in [1.165, 1.54) is 12.1 Å². The molecule has 1 unspecified atom stereocenters. The van der Waals surface area contributed by atoms with Crippen molar-refractivity contribution in [3.8, 4) is 0 Å². The first kappa shape index (κ1) is 22.6. The van der Waals surface area contributed by atoms with Crippen LogP contribution < -0.4 is 10.6 Å². The van der Waals surface area contributed by atoms with Crippen molar-refractivity contribution < 1.29 is 17.9 Å². The summed E-state index contributed by atoms with van der Waals surface area (Å²) in [5, 5.41) is 16.7. The van der Waals surface area contributed by atoms with Crippen LogP contribution in [0.1, 0.15) is 44.8 Å². The first-order valence-corrected chi connectivity index (χ1v) is 11.4. The molecule has 1 atom stereocenters. The maximum atomic E-state index is 13.0. The molecule has 0 spiro atoms. The Balaban J connectivity index is 1.90. The summed E-state index contributed by atoms with van der Waals surface area (Å²) < 4.78 is 38.9. The number of benzene rings is 1. The van der Waals surface area contributed by atoms with E-state index in [4.69, 9.17) is 0 Å². The third kappa shape index (κ3) is 6.72. The fourth-order valence-electron chi connectivity index (χ4n) is 3.15. The summed E-state index contributed by atoms with van der Waals surface area (Å²) in [6.45, 7) is 5.63. The normalized spacial score (nSPS) is 18.1. The van der Waals surface area contributed by atoms with Crippen molar-refractivity contribution in [1.82, 2.24) is 14.9 Å². The maximum absolute atomic E-state index is 13.0. The molecule has 1 aliphatic heterocycles. The summed E-state index contributed by atoms with van der Waals surface area (Å²) in [5.74, 6) is 0.427. The van der Waals surface area contributed by atoms with Gasteiger partial charge in [-0.25, -0.2) is 17.1 Å². The molecule has 0 bridgehead atoms. The molecule has 1 aromatic rings. The number of hydrogen-bond acceptors (Lipinski definition) is 4. The number of aliphatic hydroxyl groups is 1. The zero-order valence-electron chi connectivity index (χ0n) is 16.6. The lowest BCUT2D eigenvalue weighted by Gasteiger charge is -2.32. The number of nitrogens with one attached hydrogen (secondary N) is 2. The summed E-state index contributed by atoms with van der Waals surface area (Å²) in [4.78, 5) is 4.42. The number of hydrogen-bond donors (Lipinski definition) is 3. The molecule has 3 N–H and O–H groups in total. The van der Waals surface area contributed by atoms with Gasteiger partial charge >= 0.3 is 0 Å². The van der Waals surface area contributed by atoms with Crippen LogP contribution in [0, 0.1) is 5.82 Å². The number of nitrogens with zero attached hydrogens (tertiary/aromatic N) is 2. The van der Waals surface area contributed by atoms with E-state index in [9.17, 15) is 17.9 Å². The van der Waals surface area contributed by atoms with Crippen molar-refractivity contribution in [3.63, 3.8) is 0 Å². The molecule has 158 valence electrons. The Labute approximate surface area is 167 Å². The quantitative estimate of drug-likeness (QED) is 0.444. The highest BCUT2D eigenvalue weighted by molar-refractivity contribution is 7.89. The zero-order valence-corrected chi connectivity index (χ0v) is 17.4. The smallest absolute Gasteiger partial charge is 0.214 e. The Bertz CT molecular complexity index is 732. The van der Waals surface area contributed by atoms with Gasteiger partial charge in [0.05, 0.1) is 18.4 Å². The summed E-state index contributed by atoms with van der Waals surface area (Å²) in [7, 11) is -3.15. The van der Waals surface area contributed by atoms with Gasteiger partial charge in [-0.15, -0.1) is 0 Å². The summed E-state index contributed by atoms with van der Waals surface area (Å²) >= 11 is 0. The minimum absolute atomic E-state index is 0.119. The van der Waals surface area contributed by atoms with Crippen molar-refractivity contribution in [2.24, 2.45) is 4.99 Å². The number of rotatable bonds is 8. The summed E-state index contributed by atoms with van der Waals surface area (Å²) in [6, 6.07) is 5.83. The first-order chi connectivity index (χ1) is 13.4. The van der Waals surface area contributed by atoms with Gasteiger partial charge in [-0.3, -0.25) is 4.99 Å². The first-order valence-electron chi connectivity index (χ1n) is 9.82. The van der Waals surface area contributed by atoms with E-state index in [2.05, 4.69) is 15.6 Å². The Morgan fingerprint density at radius 2 is 1.93 bits per heavy atom. The van der Waals surface area contributed by atoms with Gasteiger partial charge in [0.1, 0.15) is 5.82 Å². The predicted molar refractivity (Wildman–Crippen MR) is 109 cm³/mol. The highest BCUT2D eigenvalue weighted by atomic mass is 32.2. The Morgan fingerprint density at radius 3 is 2.50 bits per heavy atom. The zero-order chi connectivity index (χ0) is 20.6. The van der Waals surface area contributed by atoms with Crippen LogP contribution in [0.2, 0.25) is 0 Å². The lowest BCUT2D eigenvalue weighted by molar-refractivity contribution is 0.187. The van der Waals surface area contributed by atoms with Crippen LogP contribution in [0.3, 0.4) is 0 Å². The molecular weight excluding hydrogens is 383 g/mol. The largest absolute Gasteiger partial charge is 0.386 e. The third-order valence-electron chi connectivity index (χ3n) is 4.67. The lowest BCUT2D eigenvalue weighted by atomic mass is 10.1. The van der Waals surface area contributed by atoms with Crippen LogP contribution in [0.5, 0.6) is 0 Å². The molecule has 0 amide bonds. The number of piperidine rings is 1. The van der Waals surface area contributed by atoms with Crippen LogP contribution >= 0.6 is 0 Å². The lowest BCUT2D eigenvalue weighted by Crippen LogP contribution is -2.50. The fraction of sp³-hybridized carbons (Fsp3) is 0.632. The van der Waals surface area contributed by atoms with E-state index in [0.717, 1.165) is 0 Å². The van der Waals surface area contributed by atoms with Gasteiger partial charge in [-0.2, -0.15) is 0 Å². The number of halogens is 1. The van der Waals surface area contributed by atoms with E-state index in [1.54, 1.807) is 16.4 Å². The van der Waals surface area contributed by atoms with Gasteiger partial charge in [-0.05, 0) is 43.9 Å². The monoisotopic (exact) mass is 414 g/mol. The van der Waals surface area contributed by atoms with Gasteiger partial charge in [0.15, 0.2) is 5.96 Å². The molecule has 7 nitrogen and oxygen atoms in total. The van der Waals surface area contributed by atoms with Crippen LogP contribution in [0.25, 0.3) is 0 Å². The fourth-order valence-corrected chi connectivity index (χ4v) is 4.69. The number of aliphatic imine (C=N–C) groups is 1. The Morgan fingerprint density at radius 1 is 1.29 bits per heavy atom. The topological polar surface area (TPSA) is 94.0 Å². The van der Waals surface area contributed by atoms with Gasteiger partial charge in [0, 0.05) is 25.7 Å². The molecule has 0 saturated carbocycles. The second-order valence-corrected chi connectivity index (χ2v) is 9.01. The molecule has 2 rings (SSSR count). The van der Waals surface area contributed by atoms with Crippen molar-refractivity contribution in [3.05, 3.63) is 35.6 Å². The highest BCUT2D eigenvalue weighted by Gasteiger charge is 2.27. The second-order valence-electron chi connectivity index (χ2n) is 6.92. The second kappa shape index (κ2) is 10.7. The molecule has 1 aliphatic rings. The molecule has 0 radical (unpaired) electrons. The van der Waals surface area contributed by atoms with E-state index < -0.39 is 16.1 Å². The number of guanidine groups is 1. The molecule has 9 heteroatoms. The number of sulfonamides is 1. The van der Waals surface area contributed by atoms with Crippen LogP contribution in [0.15, 0.2) is 29.3 Å². The molecule has 0 aliphatic carbocycles. The standard InChI is InChI=1S/C19H31FN4O3S/c1-3-13-28(26,27)24-11-9-17(10-12-24)23-19(21-4-2)22-14-18(25)15-5-7-16(20)8-6-15/h5-8,17-18,25H,3-4,9-14H2,1-2H3,(H2,21,22,23). The minimum Gasteiger partial charge on any atom is -0.386 e. The van der Waals surface area contributed by atoms with Crippen LogP contribution in [0.4, 0.5) is 4.39 Å². The summed E-state index contributed by atoms with van der Waals surface area (Å²) in [5.41, 5.74) is 0.607. The molecule has 1 fully saturated rings. The molecule has 1 heterocycles. The van der Waals surface area contributed by atoms with Crippen LogP contribution in [-0.4, -0.2) is 61.8 Å². The van der Waals surface area contributed by atoms with Crippen molar-refractivity contribution in [2.75, 3.05) is 31.9 Å². The van der Waals surface area contributed by atoms with Gasteiger partial charge in [0.25, 0.3) is 0 Å². The Kier molecular flexibility index (Phi) is 8.65. The van der Waals surface area contributed by atoms with E-state index in [0.29, 0.717) is 50.4 Å².